The maximum Gasteiger partial charge on any atom is 0.265 e. The molecule has 0 aliphatic heterocycles. The van der Waals surface area contributed by atoms with E-state index in [1.54, 1.807) is 43.3 Å². The van der Waals surface area contributed by atoms with Crippen LogP contribution >= 0.6 is 0 Å². The largest absolute Gasteiger partial charge is 0.350 e. The zero-order valence-corrected chi connectivity index (χ0v) is 19.1. The van der Waals surface area contributed by atoms with E-state index >= 15 is 0 Å². The molecule has 0 heterocycles. The van der Waals surface area contributed by atoms with E-state index in [-0.39, 0.29) is 17.2 Å². The first-order valence-electron chi connectivity index (χ1n) is 10.2. The molecule has 7 heteroatoms. The maximum atomic E-state index is 13.6. The average molecular weight is 451 g/mol. The molecule has 3 aromatic carbocycles. The molecule has 1 amide bonds. The van der Waals surface area contributed by atoms with Crippen LogP contribution in [0.15, 0.2) is 83.8 Å². The van der Waals surface area contributed by atoms with Crippen molar-refractivity contribution in [2.24, 2.45) is 0 Å². The summed E-state index contributed by atoms with van der Waals surface area (Å²) in [6.07, 6.45) is 0. The second-order valence-electron chi connectivity index (χ2n) is 7.60. The number of Topliss-reactive ketones (excluding diaryl/α,β-unsaturated/α-hetero) is 1. The number of carbonyl (C=O) groups excluding carboxylic acids is 2. The summed E-state index contributed by atoms with van der Waals surface area (Å²) in [6, 6.07) is 21.0. The predicted molar refractivity (Wildman–Crippen MR) is 125 cm³/mol. The first-order chi connectivity index (χ1) is 15.2. The number of amides is 1. The number of sulfonamides is 1. The van der Waals surface area contributed by atoms with Crippen LogP contribution in [0.3, 0.4) is 0 Å². The molecule has 0 spiro atoms. The monoisotopic (exact) mass is 450 g/mol. The molecule has 0 aliphatic carbocycles. The van der Waals surface area contributed by atoms with Gasteiger partial charge in [0.25, 0.3) is 10.0 Å². The molecule has 0 saturated heterocycles. The summed E-state index contributed by atoms with van der Waals surface area (Å²) in [6.45, 7) is 5.14. The first-order valence-corrected chi connectivity index (χ1v) is 11.7. The number of hydrogen-bond donors (Lipinski definition) is 1. The van der Waals surface area contributed by atoms with Gasteiger partial charge in [0.15, 0.2) is 5.78 Å². The molecule has 0 unspecified atom stereocenters. The third kappa shape index (κ3) is 5.23. The van der Waals surface area contributed by atoms with Crippen molar-refractivity contribution in [3.8, 4) is 0 Å². The lowest BCUT2D eigenvalue weighted by Gasteiger charge is -2.30. The normalized spacial score (nSPS) is 12.1. The summed E-state index contributed by atoms with van der Waals surface area (Å²) < 4.78 is 28.2. The summed E-state index contributed by atoms with van der Waals surface area (Å²) >= 11 is 0. The topological polar surface area (TPSA) is 83.6 Å². The Bertz CT molecular complexity index is 1190. The van der Waals surface area contributed by atoms with E-state index in [0.29, 0.717) is 11.3 Å². The van der Waals surface area contributed by atoms with Gasteiger partial charge in [-0.3, -0.25) is 13.9 Å². The number of aryl methyl sites for hydroxylation is 1. The smallest absolute Gasteiger partial charge is 0.265 e. The SMILES string of the molecule is CC(=O)c1ccc(N([C@H](C)C(=O)NCc2ccccc2)S(=O)(=O)c2ccc(C)cc2)cc1. The third-order valence-corrected chi connectivity index (χ3v) is 7.06. The van der Waals surface area contributed by atoms with Crippen LogP contribution in [0.5, 0.6) is 0 Å². The number of carbonyl (C=O) groups is 2. The number of anilines is 1. The Morgan fingerprint density at radius 2 is 1.50 bits per heavy atom. The second-order valence-corrected chi connectivity index (χ2v) is 9.41. The molecular formula is C25H26N2O4S. The molecule has 0 aliphatic rings. The second kappa shape index (κ2) is 9.78. The molecule has 0 saturated carbocycles. The van der Waals surface area contributed by atoms with Gasteiger partial charge in [-0.25, -0.2) is 8.42 Å². The van der Waals surface area contributed by atoms with Crippen LogP contribution in [0.2, 0.25) is 0 Å². The fourth-order valence-electron chi connectivity index (χ4n) is 3.28. The van der Waals surface area contributed by atoms with Crippen molar-refractivity contribution < 1.29 is 18.0 Å². The molecule has 3 aromatic rings. The number of benzene rings is 3. The van der Waals surface area contributed by atoms with Crippen LogP contribution in [0.4, 0.5) is 5.69 Å². The number of rotatable bonds is 8. The van der Waals surface area contributed by atoms with Gasteiger partial charge < -0.3 is 5.32 Å². The molecule has 1 N–H and O–H groups in total. The highest BCUT2D eigenvalue weighted by Crippen LogP contribution is 2.27. The predicted octanol–water partition coefficient (Wildman–Crippen LogP) is 4.10. The van der Waals surface area contributed by atoms with E-state index < -0.39 is 22.0 Å². The van der Waals surface area contributed by atoms with Crippen molar-refractivity contribution in [2.45, 2.75) is 38.3 Å². The van der Waals surface area contributed by atoms with E-state index in [2.05, 4.69) is 5.32 Å². The number of nitrogens with zero attached hydrogens (tertiary/aromatic N) is 1. The summed E-state index contributed by atoms with van der Waals surface area (Å²) in [5.74, 6) is -0.557. The summed E-state index contributed by atoms with van der Waals surface area (Å²) in [7, 11) is -4.04. The quantitative estimate of drug-likeness (QED) is 0.524. The minimum absolute atomic E-state index is 0.0847. The van der Waals surface area contributed by atoms with E-state index in [9.17, 15) is 18.0 Å². The van der Waals surface area contributed by atoms with Crippen LogP contribution < -0.4 is 9.62 Å². The van der Waals surface area contributed by atoms with Gasteiger partial charge in [0.05, 0.1) is 10.6 Å². The van der Waals surface area contributed by atoms with E-state index in [0.717, 1.165) is 15.4 Å². The highest BCUT2D eigenvalue weighted by Gasteiger charge is 2.33. The molecular weight excluding hydrogens is 424 g/mol. The summed E-state index contributed by atoms with van der Waals surface area (Å²) in [5.41, 5.74) is 2.60. The van der Waals surface area contributed by atoms with E-state index in [1.165, 1.54) is 19.1 Å². The Labute approximate surface area is 188 Å². The summed E-state index contributed by atoms with van der Waals surface area (Å²) in [5, 5.41) is 2.81. The van der Waals surface area contributed by atoms with Crippen molar-refractivity contribution in [3.05, 3.63) is 95.6 Å². The third-order valence-electron chi connectivity index (χ3n) is 5.15. The standard InChI is InChI=1S/C25H26N2O4S/c1-18-9-15-24(16-10-18)32(30,31)27(23-13-11-22(12-14-23)20(3)28)19(2)25(29)26-17-21-7-5-4-6-8-21/h4-16,19H,17H2,1-3H3,(H,26,29)/t19-/m1/s1. The Kier molecular flexibility index (Phi) is 7.10. The number of nitrogens with one attached hydrogen (secondary N) is 1. The molecule has 0 aromatic heterocycles. The lowest BCUT2D eigenvalue weighted by Crippen LogP contribution is -2.48. The lowest BCUT2D eigenvalue weighted by molar-refractivity contribution is -0.122. The molecule has 1 atom stereocenters. The Balaban J connectivity index is 1.96. The lowest BCUT2D eigenvalue weighted by atomic mass is 10.1. The Morgan fingerprint density at radius 1 is 0.906 bits per heavy atom. The molecule has 0 radical (unpaired) electrons. The zero-order valence-electron chi connectivity index (χ0n) is 18.3. The minimum atomic E-state index is -4.04. The van der Waals surface area contributed by atoms with E-state index in [4.69, 9.17) is 0 Å². The van der Waals surface area contributed by atoms with Gasteiger partial charge in [-0.15, -0.1) is 0 Å². The van der Waals surface area contributed by atoms with Crippen molar-refractivity contribution in [1.82, 2.24) is 5.32 Å². The minimum Gasteiger partial charge on any atom is -0.350 e. The Morgan fingerprint density at radius 3 is 2.06 bits per heavy atom. The van der Waals surface area contributed by atoms with E-state index in [1.807, 2.05) is 37.3 Å². The highest BCUT2D eigenvalue weighted by atomic mass is 32.2. The van der Waals surface area contributed by atoms with Crippen LogP contribution in [0, 0.1) is 6.92 Å². The fourth-order valence-corrected chi connectivity index (χ4v) is 4.90. The van der Waals surface area contributed by atoms with Crippen LogP contribution in [-0.4, -0.2) is 26.2 Å². The van der Waals surface area contributed by atoms with Crippen LogP contribution in [0.1, 0.15) is 35.3 Å². The van der Waals surface area contributed by atoms with Gasteiger partial charge in [-0.1, -0.05) is 48.0 Å². The molecule has 0 fully saturated rings. The van der Waals surface area contributed by atoms with Gasteiger partial charge >= 0.3 is 0 Å². The van der Waals surface area contributed by atoms with Gasteiger partial charge in [0, 0.05) is 12.1 Å². The molecule has 0 bridgehead atoms. The van der Waals surface area contributed by atoms with Gasteiger partial charge in [-0.05, 0) is 62.7 Å². The van der Waals surface area contributed by atoms with Gasteiger partial charge in [0.2, 0.25) is 5.91 Å². The van der Waals surface area contributed by atoms with Crippen LogP contribution in [-0.2, 0) is 21.4 Å². The summed E-state index contributed by atoms with van der Waals surface area (Å²) in [4.78, 5) is 24.7. The fraction of sp³-hybridized carbons (Fsp3) is 0.200. The number of hydrogen-bond acceptors (Lipinski definition) is 4. The number of ketones is 1. The first kappa shape index (κ1) is 23.2. The highest BCUT2D eigenvalue weighted by molar-refractivity contribution is 7.93. The van der Waals surface area contributed by atoms with Crippen LogP contribution in [0.25, 0.3) is 0 Å². The molecule has 6 nitrogen and oxygen atoms in total. The maximum absolute atomic E-state index is 13.6. The zero-order chi connectivity index (χ0) is 23.3. The Hall–Kier alpha value is -3.45. The average Bonchev–Trinajstić information content (AvgIpc) is 2.78. The van der Waals surface area contributed by atoms with Crippen molar-refractivity contribution in [1.29, 1.82) is 0 Å². The van der Waals surface area contributed by atoms with Crippen molar-refractivity contribution in [3.63, 3.8) is 0 Å². The van der Waals surface area contributed by atoms with Gasteiger partial charge in [0.1, 0.15) is 6.04 Å². The van der Waals surface area contributed by atoms with Gasteiger partial charge in [-0.2, -0.15) is 0 Å². The van der Waals surface area contributed by atoms with Crippen molar-refractivity contribution >= 4 is 27.4 Å². The van der Waals surface area contributed by atoms with Crippen molar-refractivity contribution in [2.75, 3.05) is 4.31 Å². The molecule has 3 rings (SSSR count). The molecule has 166 valence electrons. The molecule has 32 heavy (non-hydrogen) atoms.